The van der Waals surface area contributed by atoms with Crippen molar-refractivity contribution >= 4 is 16.8 Å². The second-order valence-electron chi connectivity index (χ2n) is 6.29. The zero-order valence-electron chi connectivity index (χ0n) is 14.5. The molecular weight excluding hydrogens is 342 g/mol. The maximum Gasteiger partial charge on any atom is 0.271 e. The topological polar surface area (TPSA) is 95.8 Å². The third-order valence-electron chi connectivity index (χ3n) is 4.41. The number of para-hydroxylation sites is 1. The van der Waals surface area contributed by atoms with Crippen molar-refractivity contribution in [3.8, 4) is 0 Å². The number of amides is 1. The Kier molecular flexibility index (Phi) is 4.67. The lowest BCUT2D eigenvalue weighted by Gasteiger charge is -2.10. The van der Waals surface area contributed by atoms with Gasteiger partial charge in [-0.3, -0.25) is 14.9 Å². The molecule has 0 radical (unpaired) electrons. The summed E-state index contributed by atoms with van der Waals surface area (Å²) in [5, 5.41) is 21.0. The minimum absolute atomic E-state index is 0.0922. The zero-order chi connectivity index (χ0) is 18.6. The summed E-state index contributed by atoms with van der Waals surface area (Å²) in [6.45, 7) is 0.682. The van der Waals surface area contributed by atoms with Gasteiger partial charge in [0.05, 0.1) is 18.3 Å². The quantitative estimate of drug-likeness (QED) is 0.491. The van der Waals surface area contributed by atoms with Crippen molar-refractivity contribution in [1.29, 1.82) is 0 Å². The number of aromatic nitrogens is 4. The number of aromatic amines is 1. The zero-order valence-corrected chi connectivity index (χ0v) is 14.5. The molecule has 0 aliphatic rings. The summed E-state index contributed by atoms with van der Waals surface area (Å²) in [5.41, 5.74) is 2.90. The van der Waals surface area contributed by atoms with Gasteiger partial charge >= 0.3 is 0 Å². The lowest BCUT2D eigenvalue weighted by atomic mass is 10.1. The van der Waals surface area contributed by atoms with Gasteiger partial charge in [0, 0.05) is 36.2 Å². The Balaban J connectivity index is 1.39. The number of carbonyl (C=O) groups excluding carboxylic acids is 1. The van der Waals surface area contributed by atoms with Crippen LogP contribution in [0.4, 0.5) is 0 Å². The van der Waals surface area contributed by atoms with Crippen molar-refractivity contribution in [2.45, 2.75) is 12.6 Å². The van der Waals surface area contributed by atoms with Crippen LogP contribution in [0.1, 0.15) is 27.8 Å². The Hall–Kier alpha value is -3.45. The van der Waals surface area contributed by atoms with Gasteiger partial charge in [-0.25, -0.2) is 0 Å². The van der Waals surface area contributed by atoms with Crippen LogP contribution in [-0.4, -0.2) is 37.3 Å². The third kappa shape index (κ3) is 3.73. The molecule has 7 heteroatoms. The van der Waals surface area contributed by atoms with E-state index in [1.807, 2.05) is 18.3 Å². The number of aliphatic hydroxyl groups is 1. The van der Waals surface area contributed by atoms with E-state index in [0.717, 1.165) is 11.2 Å². The maximum atomic E-state index is 12.3. The molecule has 3 aromatic heterocycles. The van der Waals surface area contributed by atoms with Crippen molar-refractivity contribution in [3.63, 3.8) is 0 Å². The lowest BCUT2D eigenvalue weighted by molar-refractivity contribution is 0.0911. The van der Waals surface area contributed by atoms with Gasteiger partial charge in [-0.15, -0.1) is 0 Å². The summed E-state index contributed by atoms with van der Waals surface area (Å²) < 4.78 is 2.09. The Morgan fingerprint density at radius 2 is 2.11 bits per heavy atom. The standard InChI is InChI=1S/C20H19N5O2/c26-19(15-5-3-8-21-11-15)12-22-20(27)17-10-16(23-24-17)13-25-9-7-14-4-1-2-6-18(14)25/h1-11,19,26H,12-13H2,(H,22,27)(H,23,24). The summed E-state index contributed by atoms with van der Waals surface area (Å²) in [6, 6.07) is 15.4. The van der Waals surface area contributed by atoms with Crippen molar-refractivity contribution in [2.75, 3.05) is 6.54 Å². The summed E-state index contributed by atoms with van der Waals surface area (Å²) in [7, 11) is 0. The third-order valence-corrected chi connectivity index (χ3v) is 4.41. The molecule has 4 rings (SSSR count). The number of rotatable bonds is 6. The first-order valence-electron chi connectivity index (χ1n) is 8.65. The molecule has 27 heavy (non-hydrogen) atoms. The van der Waals surface area contributed by atoms with Crippen molar-refractivity contribution in [1.82, 2.24) is 25.1 Å². The molecule has 3 N–H and O–H groups in total. The van der Waals surface area contributed by atoms with Crippen LogP contribution in [0.5, 0.6) is 0 Å². The molecule has 1 unspecified atom stereocenters. The van der Waals surface area contributed by atoms with Crippen molar-refractivity contribution < 1.29 is 9.90 Å². The highest BCUT2D eigenvalue weighted by Crippen LogP contribution is 2.16. The number of hydrogen-bond donors (Lipinski definition) is 3. The number of aliphatic hydroxyl groups excluding tert-OH is 1. The van der Waals surface area contributed by atoms with E-state index in [2.05, 4.69) is 43.3 Å². The Morgan fingerprint density at radius 3 is 2.96 bits per heavy atom. The monoisotopic (exact) mass is 361 g/mol. The van der Waals surface area contributed by atoms with Crippen molar-refractivity contribution in [2.24, 2.45) is 0 Å². The fourth-order valence-corrected chi connectivity index (χ4v) is 2.99. The smallest absolute Gasteiger partial charge is 0.271 e. The van der Waals surface area contributed by atoms with Crippen LogP contribution >= 0.6 is 0 Å². The molecule has 136 valence electrons. The average molecular weight is 361 g/mol. The molecule has 0 saturated carbocycles. The number of fused-ring (bicyclic) bond motifs is 1. The SMILES string of the molecule is O=C(NCC(O)c1cccnc1)c1cc(Cn2ccc3ccccc32)[nH]n1. The second kappa shape index (κ2) is 7.43. The predicted octanol–water partition coefficient (Wildman–Crippen LogP) is 2.27. The number of pyridine rings is 1. The summed E-state index contributed by atoms with van der Waals surface area (Å²) in [6.07, 6.45) is 4.40. The summed E-state index contributed by atoms with van der Waals surface area (Å²) in [4.78, 5) is 16.2. The van der Waals surface area contributed by atoms with Crippen molar-refractivity contribution in [3.05, 3.63) is 84.1 Å². The minimum Gasteiger partial charge on any atom is -0.387 e. The van der Waals surface area contributed by atoms with Crippen LogP contribution in [0.25, 0.3) is 10.9 Å². The van der Waals surface area contributed by atoms with E-state index in [4.69, 9.17) is 0 Å². The van der Waals surface area contributed by atoms with E-state index >= 15 is 0 Å². The molecule has 0 aliphatic heterocycles. The number of carbonyl (C=O) groups is 1. The van der Waals surface area contributed by atoms with Gasteiger partial charge in [0.25, 0.3) is 5.91 Å². The summed E-state index contributed by atoms with van der Waals surface area (Å²) in [5.74, 6) is -0.335. The first-order valence-corrected chi connectivity index (χ1v) is 8.65. The molecule has 1 aromatic carbocycles. The second-order valence-corrected chi connectivity index (χ2v) is 6.29. The molecular formula is C20H19N5O2. The van der Waals surface area contributed by atoms with E-state index in [1.165, 1.54) is 5.39 Å². The summed E-state index contributed by atoms with van der Waals surface area (Å²) >= 11 is 0. The molecule has 0 saturated heterocycles. The molecule has 0 spiro atoms. The largest absolute Gasteiger partial charge is 0.387 e. The number of H-pyrrole nitrogens is 1. The molecule has 0 aliphatic carbocycles. The Bertz CT molecular complexity index is 1050. The van der Waals surface area contributed by atoms with E-state index in [1.54, 1.807) is 30.6 Å². The molecule has 0 fully saturated rings. The van der Waals surface area contributed by atoms with Gasteiger partial charge in [-0.1, -0.05) is 24.3 Å². The maximum absolute atomic E-state index is 12.3. The van der Waals surface area contributed by atoms with Crippen LogP contribution in [0.3, 0.4) is 0 Å². The van der Waals surface area contributed by atoms with Gasteiger partial charge in [-0.05, 0) is 29.7 Å². The Labute approximate surface area is 155 Å². The number of nitrogens with zero attached hydrogens (tertiary/aromatic N) is 3. The van der Waals surface area contributed by atoms with E-state index < -0.39 is 6.10 Å². The van der Waals surface area contributed by atoms with Gasteiger partial charge < -0.3 is 15.0 Å². The number of benzene rings is 1. The molecule has 0 bridgehead atoms. The van der Waals surface area contributed by atoms with Gasteiger partial charge in [0.1, 0.15) is 5.69 Å². The van der Waals surface area contributed by atoms with E-state index in [9.17, 15) is 9.90 Å². The molecule has 1 amide bonds. The average Bonchev–Trinajstić information content (AvgIpc) is 3.34. The van der Waals surface area contributed by atoms with E-state index in [-0.39, 0.29) is 12.5 Å². The first kappa shape index (κ1) is 17.0. The predicted molar refractivity (Wildman–Crippen MR) is 101 cm³/mol. The highest BCUT2D eigenvalue weighted by molar-refractivity contribution is 5.92. The highest BCUT2D eigenvalue weighted by atomic mass is 16.3. The van der Waals surface area contributed by atoms with Gasteiger partial charge in [-0.2, -0.15) is 5.10 Å². The van der Waals surface area contributed by atoms with Gasteiger partial charge in [0.15, 0.2) is 0 Å². The van der Waals surface area contributed by atoms with Crippen LogP contribution < -0.4 is 5.32 Å². The normalized spacial score (nSPS) is 12.2. The van der Waals surface area contributed by atoms with Crippen LogP contribution in [0.15, 0.2) is 67.1 Å². The minimum atomic E-state index is -0.813. The fraction of sp³-hybridized carbons (Fsp3) is 0.150. The fourth-order valence-electron chi connectivity index (χ4n) is 2.99. The van der Waals surface area contributed by atoms with Crippen LogP contribution in [-0.2, 0) is 6.54 Å². The molecule has 3 heterocycles. The molecule has 1 atom stereocenters. The van der Waals surface area contributed by atoms with Gasteiger partial charge in [0.2, 0.25) is 0 Å². The van der Waals surface area contributed by atoms with Crippen LogP contribution in [0.2, 0.25) is 0 Å². The first-order chi connectivity index (χ1) is 13.2. The number of nitrogens with one attached hydrogen (secondary N) is 2. The Morgan fingerprint density at radius 1 is 1.22 bits per heavy atom. The molecule has 4 aromatic rings. The number of hydrogen-bond acceptors (Lipinski definition) is 4. The molecule has 7 nitrogen and oxygen atoms in total. The lowest BCUT2D eigenvalue weighted by Crippen LogP contribution is -2.28. The highest BCUT2D eigenvalue weighted by Gasteiger charge is 2.14. The van der Waals surface area contributed by atoms with Crippen LogP contribution in [0, 0.1) is 0 Å². The van der Waals surface area contributed by atoms with E-state index in [0.29, 0.717) is 17.8 Å².